The first kappa shape index (κ1) is 21.3. The third-order valence-corrected chi connectivity index (χ3v) is 4.64. The van der Waals surface area contributed by atoms with Crippen LogP contribution in [-0.4, -0.2) is 33.1 Å². The third-order valence-electron chi connectivity index (χ3n) is 4.01. The van der Waals surface area contributed by atoms with E-state index in [0.29, 0.717) is 11.3 Å². The maximum Gasteiger partial charge on any atom is 0.275 e. The molecule has 30 heavy (non-hydrogen) atoms. The number of anilines is 2. The molecule has 0 fully saturated rings. The first-order valence-corrected chi connectivity index (χ1v) is 9.26. The number of rotatable bonds is 6. The van der Waals surface area contributed by atoms with Gasteiger partial charge in [-0.15, -0.1) is 0 Å². The molecule has 0 spiro atoms. The molecule has 0 atom stereocenters. The molecule has 0 aliphatic heterocycles. The topological polar surface area (TPSA) is 136 Å². The molecule has 0 saturated heterocycles. The smallest absolute Gasteiger partial charge is 0.275 e. The molecule has 2 aromatic carbocycles. The number of carbonyl (C=O) groups excluding carboxylic acids is 3. The zero-order valence-electron chi connectivity index (χ0n) is 15.2. The van der Waals surface area contributed by atoms with Crippen LogP contribution in [0.3, 0.4) is 0 Å². The van der Waals surface area contributed by atoms with Crippen molar-refractivity contribution in [3.63, 3.8) is 0 Å². The van der Waals surface area contributed by atoms with E-state index < -0.39 is 17.7 Å². The number of nitrogens with zero attached hydrogens (tertiary/aromatic N) is 1. The number of benzene rings is 2. The van der Waals surface area contributed by atoms with Gasteiger partial charge in [-0.1, -0.05) is 41.4 Å². The van der Waals surface area contributed by atoms with Crippen LogP contribution < -0.4 is 16.1 Å². The lowest BCUT2D eigenvalue weighted by molar-refractivity contribution is -0.128. The number of H-pyrrole nitrogens is 1. The number of aromatic amines is 1. The van der Waals surface area contributed by atoms with E-state index in [0.717, 1.165) is 0 Å². The maximum absolute atomic E-state index is 12.6. The summed E-state index contributed by atoms with van der Waals surface area (Å²) in [6.07, 6.45) is 1.28. The number of hydrogen-bond acceptors (Lipinski definition) is 5. The second-order valence-electron chi connectivity index (χ2n) is 6.07. The van der Waals surface area contributed by atoms with Crippen molar-refractivity contribution in [3.8, 4) is 0 Å². The molecule has 0 aliphatic carbocycles. The molecule has 1 aromatic heterocycles. The van der Waals surface area contributed by atoms with E-state index in [2.05, 4.69) is 20.8 Å². The van der Waals surface area contributed by atoms with Crippen LogP contribution in [-0.2, 0) is 11.2 Å². The molecule has 9 nitrogen and oxygen atoms in total. The van der Waals surface area contributed by atoms with E-state index in [9.17, 15) is 14.4 Å². The summed E-state index contributed by atoms with van der Waals surface area (Å²) < 4.78 is 0. The molecule has 5 N–H and O–H groups in total. The van der Waals surface area contributed by atoms with Gasteiger partial charge in [0, 0.05) is 5.69 Å². The number of carbonyl (C=O) groups is 3. The quantitative estimate of drug-likeness (QED) is 0.291. The van der Waals surface area contributed by atoms with Crippen molar-refractivity contribution in [2.75, 3.05) is 10.6 Å². The predicted octanol–water partition coefficient (Wildman–Crippen LogP) is 3.27. The average Bonchev–Trinajstić information content (AvgIpc) is 3.17. The van der Waals surface area contributed by atoms with Crippen LogP contribution in [0.2, 0.25) is 10.0 Å². The van der Waals surface area contributed by atoms with E-state index in [-0.39, 0.29) is 33.4 Å². The predicted molar refractivity (Wildman–Crippen MR) is 111 cm³/mol. The normalized spacial score (nSPS) is 10.4. The minimum Gasteiger partial charge on any atom is -0.321 e. The Hall–Kier alpha value is -3.40. The van der Waals surface area contributed by atoms with Crippen LogP contribution in [0.25, 0.3) is 0 Å². The summed E-state index contributed by atoms with van der Waals surface area (Å²) in [7, 11) is 0. The van der Waals surface area contributed by atoms with Crippen molar-refractivity contribution in [1.82, 2.24) is 15.7 Å². The van der Waals surface area contributed by atoms with Gasteiger partial charge in [-0.05, 0) is 29.8 Å². The Morgan fingerprint density at radius 1 is 0.967 bits per heavy atom. The summed E-state index contributed by atoms with van der Waals surface area (Å²) in [6.45, 7) is 0. The van der Waals surface area contributed by atoms with Crippen LogP contribution in [0.5, 0.6) is 0 Å². The first-order chi connectivity index (χ1) is 14.4. The van der Waals surface area contributed by atoms with Crippen LogP contribution >= 0.6 is 23.2 Å². The Labute approximate surface area is 180 Å². The molecule has 3 aromatic rings. The van der Waals surface area contributed by atoms with Crippen molar-refractivity contribution < 1.29 is 19.6 Å². The molecule has 0 aliphatic rings. The Bertz CT molecular complexity index is 1080. The van der Waals surface area contributed by atoms with Crippen molar-refractivity contribution in [1.29, 1.82) is 0 Å². The Morgan fingerprint density at radius 3 is 2.27 bits per heavy atom. The highest BCUT2D eigenvalue weighted by Crippen LogP contribution is 2.26. The molecule has 154 valence electrons. The standard InChI is InChI=1S/C19H15Cl2N5O4/c20-12-2-1-3-13(21)16(12)18(28)24-14-9-22-25-17(14)19(29)23-11-6-4-10(5-7-11)8-15(27)26-30/h1-7,9,30H,8H2,(H,22,25)(H,23,29)(H,24,28)(H,26,27). The van der Waals surface area contributed by atoms with Gasteiger partial charge in [0.25, 0.3) is 11.8 Å². The highest BCUT2D eigenvalue weighted by molar-refractivity contribution is 6.40. The monoisotopic (exact) mass is 447 g/mol. The van der Waals surface area contributed by atoms with Crippen LogP contribution in [0, 0.1) is 0 Å². The van der Waals surface area contributed by atoms with Gasteiger partial charge < -0.3 is 10.6 Å². The summed E-state index contributed by atoms with van der Waals surface area (Å²) in [4.78, 5) is 36.3. The van der Waals surface area contributed by atoms with Crippen LogP contribution in [0.1, 0.15) is 26.4 Å². The average molecular weight is 448 g/mol. The molecule has 0 radical (unpaired) electrons. The lowest BCUT2D eigenvalue weighted by Gasteiger charge is -2.09. The van der Waals surface area contributed by atoms with Crippen molar-refractivity contribution >= 4 is 52.3 Å². The largest absolute Gasteiger partial charge is 0.321 e. The van der Waals surface area contributed by atoms with E-state index in [1.54, 1.807) is 35.8 Å². The lowest BCUT2D eigenvalue weighted by atomic mass is 10.1. The minimum atomic E-state index is -0.590. The molecule has 3 rings (SSSR count). The number of amides is 3. The van der Waals surface area contributed by atoms with Gasteiger partial charge in [0.15, 0.2) is 0 Å². The second kappa shape index (κ2) is 9.40. The van der Waals surface area contributed by atoms with Crippen LogP contribution in [0.4, 0.5) is 11.4 Å². The summed E-state index contributed by atoms with van der Waals surface area (Å²) in [5.41, 5.74) is 2.89. The maximum atomic E-state index is 12.6. The number of hydroxylamine groups is 1. The fraction of sp³-hybridized carbons (Fsp3) is 0.0526. The molecule has 0 saturated carbocycles. The lowest BCUT2D eigenvalue weighted by Crippen LogP contribution is -2.20. The van der Waals surface area contributed by atoms with Gasteiger partial charge in [-0.25, -0.2) is 5.48 Å². The van der Waals surface area contributed by atoms with Gasteiger partial charge >= 0.3 is 0 Å². The molecule has 3 amide bonds. The third kappa shape index (κ3) is 4.95. The zero-order chi connectivity index (χ0) is 21.7. The molecular weight excluding hydrogens is 433 g/mol. The Morgan fingerprint density at radius 2 is 1.63 bits per heavy atom. The first-order valence-electron chi connectivity index (χ1n) is 8.51. The summed E-state index contributed by atoms with van der Waals surface area (Å²) in [5, 5.41) is 20.4. The Balaban J connectivity index is 1.71. The highest BCUT2D eigenvalue weighted by atomic mass is 35.5. The van der Waals surface area contributed by atoms with Crippen molar-refractivity contribution in [2.45, 2.75) is 6.42 Å². The number of aromatic nitrogens is 2. The van der Waals surface area contributed by atoms with Gasteiger partial charge in [0.2, 0.25) is 5.91 Å². The van der Waals surface area contributed by atoms with Crippen molar-refractivity contribution in [3.05, 3.63) is 75.5 Å². The number of hydrogen-bond donors (Lipinski definition) is 5. The second-order valence-corrected chi connectivity index (χ2v) is 6.89. The molecular formula is C19H15Cl2N5O4. The fourth-order valence-corrected chi connectivity index (χ4v) is 3.15. The van der Waals surface area contributed by atoms with Crippen LogP contribution in [0.15, 0.2) is 48.7 Å². The zero-order valence-corrected chi connectivity index (χ0v) is 16.7. The molecule has 1 heterocycles. The van der Waals surface area contributed by atoms with E-state index >= 15 is 0 Å². The highest BCUT2D eigenvalue weighted by Gasteiger charge is 2.20. The minimum absolute atomic E-state index is 0.00788. The molecule has 11 heteroatoms. The van der Waals surface area contributed by atoms with Gasteiger partial charge in [0.1, 0.15) is 5.69 Å². The van der Waals surface area contributed by atoms with E-state index in [4.69, 9.17) is 28.4 Å². The SMILES string of the molecule is O=C(Cc1ccc(NC(=O)c2[nH]ncc2NC(=O)c2c(Cl)cccc2Cl)cc1)NO. The van der Waals surface area contributed by atoms with Gasteiger partial charge in [0.05, 0.1) is 33.9 Å². The summed E-state index contributed by atoms with van der Waals surface area (Å²) in [5.74, 6) is -1.69. The van der Waals surface area contributed by atoms with Crippen molar-refractivity contribution in [2.24, 2.45) is 0 Å². The van der Waals surface area contributed by atoms with Gasteiger partial charge in [-0.2, -0.15) is 5.10 Å². The van der Waals surface area contributed by atoms with E-state index in [1.165, 1.54) is 18.3 Å². The Kier molecular flexibility index (Phi) is 6.68. The molecule has 0 bridgehead atoms. The number of nitrogens with one attached hydrogen (secondary N) is 4. The fourth-order valence-electron chi connectivity index (χ4n) is 2.58. The number of halogens is 2. The summed E-state index contributed by atoms with van der Waals surface area (Å²) in [6, 6.07) is 11.1. The van der Waals surface area contributed by atoms with Gasteiger partial charge in [-0.3, -0.25) is 24.7 Å². The van der Waals surface area contributed by atoms with E-state index in [1.807, 2.05) is 0 Å². The molecule has 0 unspecified atom stereocenters. The summed E-state index contributed by atoms with van der Waals surface area (Å²) >= 11 is 12.1.